The summed E-state index contributed by atoms with van der Waals surface area (Å²) in [7, 11) is 1.86. The molecule has 0 N–H and O–H groups in total. The number of aryl methyl sites for hydroxylation is 2. The molecule has 76 valence electrons. The molecule has 1 rings (SSSR count). The number of hydrogen-bond acceptors (Lipinski definition) is 1. The van der Waals surface area contributed by atoms with Gasteiger partial charge >= 0.3 is 0 Å². The van der Waals surface area contributed by atoms with Crippen LogP contribution < -0.4 is 0 Å². The molecule has 0 atom stereocenters. The Morgan fingerprint density at radius 3 is 1.92 bits per heavy atom. The first-order chi connectivity index (χ1) is 6.08. The van der Waals surface area contributed by atoms with Gasteiger partial charge in [-0.2, -0.15) is 5.10 Å². The molecule has 0 aromatic carbocycles. The third-order valence-corrected chi connectivity index (χ3v) is 2.10. The summed E-state index contributed by atoms with van der Waals surface area (Å²) >= 11 is 5.91. The minimum atomic E-state index is 0.764. The van der Waals surface area contributed by atoms with E-state index in [2.05, 4.69) is 25.9 Å². The van der Waals surface area contributed by atoms with E-state index in [1.54, 1.807) is 4.68 Å². The number of halogens is 1. The van der Waals surface area contributed by atoms with Crippen LogP contribution in [0.15, 0.2) is 0 Å². The lowest BCUT2D eigenvalue weighted by Gasteiger charge is -1.92. The van der Waals surface area contributed by atoms with Crippen LogP contribution in [0.3, 0.4) is 0 Å². The van der Waals surface area contributed by atoms with Gasteiger partial charge in [0.2, 0.25) is 0 Å². The molecule has 0 aliphatic rings. The van der Waals surface area contributed by atoms with Gasteiger partial charge in [0.05, 0.1) is 5.69 Å². The highest BCUT2D eigenvalue weighted by Crippen LogP contribution is 2.18. The zero-order valence-corrected chi connectivity index (χ0v) is 9.94. The van der Waals surface area contributed by atoms with Crippen LogP contribution >= 0.6 is 11.6 Å². The van der Waals surface area contributed by atoms with Gasteiger partial charge in [0.1, 0.15) is 5.15 Å². The lowest BCUT2D eigenvalue weighted by Crippen LogP contribution is -1.89. The molecule has 0 bridgehead atoms. The molecule has 2 nitrogen and oxygen atoms in total. The topological polar surface area (TPSA) is 17.8 Å². The molecule has 0 radical (unpaired) electrons. The minimum Gasteiger partial charge on any atom is -0.257 e. The summed E-state index contributed by atoms with van der Waals surface area (Å²) in [5.41, 5.74) is 2.19. The average molecular weight is 203 g/mol. The highest BCUT2D eigenvalue weighted by atomic mass is 35.5. The Hall–Kier alpha value is -0.500. The van der Waals surface area contributed by atoms with Crippen LogP contribution in [0.1, 0.15) is 38.4 Å². The maximum atomic E-state index is 5.91. The van der Waals surface area contributed by atoms with Crippen molar-refractivity contribution in [2.24, 2.45) is 7.05 Å². The monoisotopic (exact) mass is 202 g/mol. The molecule has 0 amide bonds. The number of nitrogens with zero attached hydrogens (tertiary/aromatic N) is 2. The van der Waals surface area contributed by atoms with Crippen LogP contribution in [0.2, 0.25) is 5.15 Å². The average Bonchev–Trinajstić information content (AvgIpc) is 2.28. The first-order valence-corrected chi connectivity index (χ1v) is 5.14. The normalized spacial score (nSPS) is 9.38. The van der Waals surface area contributed by atoms with Crippen molar-refractivity contribution in [3.05, 3.63) is 16.4 Å². The van der Waals surface area contributed by atoms with E-state index in [9.17, 15) is 0 Å². The van der Waals surface area contributed by atoms with Crippen molar-refractivity contribution in [3.8, 4) is 0 Å². The maximum absolute atomic E-state index is 5.91. The van der Waals surface area contributed by atoms with E-state index in [1.807, 2.05) is 14.0 Å². The predicted octanol–water partition coefficient (Wildman–Crippen LogP) is 3.36. The highest BCUT2D eigenvalue weighted by Gasteiger charge is 2.07. The molecule has 0 saturated carbocycles. The lowest BCUT2D eigenvalue weighted by molar-refractivity contribution is 0.757. The van der Waals surface area contributed by atoms with Crippen LogP contribution in [0.25, 0.3) is 0 Å². The van der Waals surface area contributed by atoms with E-state index in [4.69, 9.17) is 11.6 Å². The van der Waals surface area contributed by atoms with E-state index in [0.717, 1.165) is 22.8 Å². The minimum absolute atomic E-state index is 0.764. The predicted molar refractivity (Wildman–Crippen MR) is 58.3 cm³/mol. The molecule has 1 heterocycles. The van der Waals surface area contributed by atoms with Crippen molar-refractivity contribution in [1.29, 1.82) is 0 Å². The van der Waals surface area contributed by atoms with E-state index < -0.39 is 0 Å². The van der Waals surface area contributed by atoms with E-state index in [1.165, 1.54) is 6.42 Å². The van der Waals surface area contributed by atoms with Gasteiger partial charge in [-0.25, -0.2) is 0 Å². The summed E-state index contributed by atoms with van der Waals surface area (Å²) in [6.45, 7) is 8.31. The molecule has 3 heteroatoms. The quantitative estimate of drug-likeness (QED) is 0.683. The molecule has 1 aromatic heterocycles. The van der Waals surface area contributed by atoms with E-state index in [0.29, 0.717) is 0 Å². The number of aromatic nitrogens is 2. The fourth-order valence-corrected chi connectivity index (χ4v) is 1.38. The lowest BCUT2D eigenvalue weighted by atomic mass is 10.2. The molecule has 0 spiro atoms. The van der Waals surface area contributed by atoms with E-state index in [-0.39, 0.29) is 0 Å². The van der Waals surface area contributed by atoms with Crippen molar-refractivity contribution in [3.63, 3.8) is 0 Å². The van der Waals surface area contributed by atoms with E-state index >= 15 is 0 Å². The highest BCUT2D eigenvalue weighted by molar-refractivity contribution is 6.30. The molecular weight excluding hydrogens is 184 g/mol. The summed E-state index contributed by atoms with van der Waals surface area (Å²) in [6, 6.07) is 0. The van der Waals surface area contributed by atoms with Crippen LogP contribution in [-0.2, 0) is 13.5 Å². The van der Waals surface area contributed by atoms with Gasteiger partial charge in [0, 0.05) is 12.6 Å². The Morgan fingerprint density at radius 1 is 1.31 bits per heavy atom. The summed E-state index contributed by atoms with van der Waals surface area (Å²) in [6.07, 6.45) is 2.21. The van der Waals surface area contributed by atoms with Crippen LogP contribution in [-0.4, -0.2) is 9.78 Å². The van der Waals surface area contributed by atoms with Gasteiger partial charge in [-0.1, -0.05) is 38.8 Å². The summed E-state index contributed by atoms with van der Waals surface area (Å²) in [4.78, 5) is 0. The second kappa shape index (κ2) is 6.03. The van der Waals surface area contributed by atoms with Crippen LogP contribution in [0.5, 0.6) is 0 Å². The fraction of sp³-hybridized carbons (Fsp3) is 0.700. The van der Waals surface area contributed by atoms with Gasteiger partial charge in [-0.05, 0) is 13.3 Å². The van der Waals surface area contributed by atoms with Crippen molar-refractivity contribution < 1.29 is 0 Å². The molecule has 0 unspecified atom stereocenters. The first kappa shape index (κ1) is 12.5. The second-order valence-electron chi connectivity index (χ2n) is 3.04. The van der Waals surface area contributed by atoms with Crippen LogP contribution in [0.4, 0.5) is 0 Å². The molecular formula is C10H19ClN2. The Kier molecular flexibility index (Phi) is 5.80. The summed E-state index contributed by atoms with van der Waals surface area (Å²) < 4.78 is 1.70. The Morgan fingerprint density at radius 2 is 1.77 bits per heavy atom. The van der Waals surface area contributed by atoms with Crippen LogP contribution in [0, 0.1) is 6.92 Å². The molecule has 0 aliphatic carbocycles. The third kappa shape index (κ3) is 3.39. The summed E-state index contributed by atoms with van der Waals surface area (Å²) in [5, 5.41) is 4.93. The number of rotatable bonds is 1. The largest absolute Gasteiger partial charge is 0.257 e. The van der Waals surface area contributed by atoms with Gasteiger partial charge in [-0.15, -0.1) is 0 Å². The fourth-order valence-electron chi connectivity index (χ4n) is 1.08. The molecule has 0 aliphatic heterocycles. The molecule has 13 heavy (non-hydrogen) atoms. The third-order valence-electron chi connectivity index (χ3n) is 1.62. The van der Waals surface area contributed by atoms with Gasteiger partial charge in [0.25, 0.3) is 0 Å². The number of hydrogen-bond donors (Lipinski definition) is 0. The van der Waals surface area contributed by atoms with Crippen molar-refractivity contribution in [2.45, 2.75) is 40.5 Å². The molecule has 0 saturated heterocycles. The Bertz CT molecular complexity index is 254. The Balaban J connectivity index is 0.000000424. The smallest absolute Gasteiger partial charge is 0.130 e. The van der Waals surface area contributed by atoms with Gasteiger partial charge in [-0.3, -0.25) is 4.68 Å². The maximum Gasteiger partial charge on any atom is 0.130 e. The molecule has 0 fully saturated rings. The summed E-state index contributed by atoms with van der Waals surface area (Å²) in [5.74, 6) is 0. The zero-order chi connectivity index (χ0) is 10.4. The zero-order valence-electron chi connectivity index (χ0n) is 9.19. The van der Waals surface area contributed by atoms with Crippen molar-refractivity contribution >= 4 is 11.6 Å². The SMILES string of the molecule is CCC.CCc1c(C)nn(C)c1Cl. The van der Waals surface area contributed by atoms with Gasteiger partial charge < -0.3 is 0 Å². The second-order valence-corrected chi connectivity index (χ2v) is 3.40. The first-order valence-electron chi connectivity index (χ1n) is 4.76. The van der Waals surface area contributed by atoms with Crippen molar-refractivity contribution in [1.82, 2.24) is 9.78 Å². The molecule has 1 aromatic rings. The van der Waals surface area contributed by atoms with Gasteiger partial charge in [0.15, 0.2) is 0 Å². The van der Waals surface area contributed by atoms with Crippen molar-refractivity contribution in [2.75, 3.05) is 0 Å². The Labute approximate surface area is 85.9 Å². The standard InChI is InChI=1S/C7H11ClN2.C3H8/c1-4-6-5(2)9-10(3)7(6)8;1-3-2/h4H2,1-3H3;3H2,1-2H3.